The van der Waals surface area contributed by atoms with Gasteiger partial charge >= 0.3 is 6.03 Å². The molecule has 5 nitrogen and oxygen atoms in total. The number of nitrogens with zero attached hydrogens (tertiary/aromatic N) is 3. The number of para-hydroxylation sites is 1. The summed E-state index contributed by atoms with van der Waals surface area (Å²) in [5.74, 6) is 0.174. The van der Waals surface area contributed by atoms with Crippen molar-refractivity contribution in [2.24, 2.45) is 5.41 Å². The highest BCUT2D eigenvalue weighted by atomic mass is 16.2. The number of amides is 3. The Bertz CT molecular complexity index is 614. The van der Waals surface area contributed by atoms with Crippen LogP contribution < -0.4 is 4.90 Å². The third kappa shape index (κ3) is 2.45. The zero-order valence-electron chi connectivity index (χ0n) is 13.5. The van der Waals surface area contributed by atoms with Gasteiger partial charge in [0.1, 0.15) is 0 Å². The number of urea groups is 1. The molecule has 1 aromatic rings. The molecule has 1 atom stereocenters. The molecule has 3 rings (SSSR count). The zero-order chi connectivity index (χ0) is 15.9. The van der Waals surface area contributed by atoms with Crippen LogP contribution in [-0.2, 0) is 4.79 Å². The number of aryl methyl sites for hydroxylation is 1. The molecule has 0 aliphatic carbocycles. The van der Waals surface area contributed by atoms with E-state index in [-0.39, 0.29) is 17.4 Å². The second-order valence-electron chi connectivity index (χ2n) is 6.79. The Morgan fingerprint density at radius 3 is 2.64 bits per heavy atom. The average Bonchev–Trinajstić information content (AvgIpc) is 3.02. The largest absolute Gasteiger partial charge is 0.331 e. The molecule has 22 heavy (non-hydrogen) atoms. The molecule has 0 saturated carbocycles. The first-order valence-electron chi connectivity index (χ1n) is 7.74. The molecule has 0 bridgehead atoms. The second-order valence-corrected chi connectivity index (χ2v) is 6.79. The lowest BCUT2D eigenvalue weighted by Crippen LogP contribution is -2.39. The number of rotatable bonds is 1. The molecule has 118 valence electrons. The first-order valence-corrected chi connectivity index (χ1v) is 7.74. The van der Waals surface area contributed by atoms with Gasteiger partial charge in [-0.15, -0.1) is 0 Å². The number of benzene rings is 1. The van der Waals surface area contributed by atoms with Gasteiger partial charge in [-0.25, -0.2) is 4.79 Å². The highest BCUT2D eigenvalue weighted by Gasteiger charge is 2.49. The molecule has 1 spiro atoms. The summed E-state index contributed by atoms with van der Waals surface area (Å²) in [5.41, 5.74) is 2.04. The summed E-state index contributed by atoms with van der Waals surface area (Å²) in [6, 6.07) is 8.03. The number of anilines is 1. The van der Waals surface area contributed by atoms with Crippen LogP contribution in [0.1, 0.15) is 18.4 Å². The van der Waals surface area contributed by atoms with Crippen LogP contribution in [0.15, 0.2) is 24.3 Å². The summed E-state index contributed by atoms with van der Waals surface area (Å²) in [6.45, 7) is 4.17. The Labute approximate surface area is 131 Å². The molecule has 1 aromatic carbocycles. The summed E-state index contributed by atoms with van der Waals surface area (Å²) >= 11 is 0. The van der Waals surface area contributed by atoms with Gasteiger partial charge in [0.05, 0.1) is 0 Å². The third-order valence-electron chi connectivity index (χ3n) is 4.82. The number of carbonyl (C=O) groups excluding carboxylic acids is 2. The van der Waals surface area contributed by atoms with E-state index in [1.807, 2.05) is 41.0 Å². The SMILES string of the molecule is Cc1ccccc1N1C[C@@]2(CCN(C(=O)N(C)C)C2)CC1=O. The molecule has 5 heteroatoms. The first kappa shape index (κ1) is 14.9. The van der Waals surface area contributed by atoms with Crippen molar-refractivity contribution in [2.75, 3.05) is 38.6 Å². The van der Waals surface area contributed by atoms with E-state index in [4.69, 9.17) is 0 Å². The Morgan fingerprint density at radius 1 is 1.23 bits per heavy atom. The van der Waals surface area contributed by atoms with Gasteiger partial charge in [0.15, 0.2) is 0 Å². The summed E-state index contributed by atoms with van der Waals surface area (Å²) in [4.78, 5) is 30.0. The Hall–Kier alpha value is -2.04. The van der Waals surface area contributed by atoms with Crippen molar-refractivity contribution in [3.8, 4) is 0 Å². The van der Waals surface area contributed by atoms with E-state index in [2.05, 4.69) is 0 Å². The van der Waals surface area contributed by atoms with E-state index in [1.54, 1.807) is 19.0 Å². The fraction of sp³-hybridized carbons (Fsp3) is 0.529. The maximum atomic E-state index is 12.5. The van der Waals surface area contributed by atoms with Gasteiger partial charge in [0.25, 0.3) is 0 Å². The molecular formula is C17H23N3O2. The maximum Gasteiger partial charge on any atom is 0.319 e. The fourth-order valence-electron chi connectivity index (χ4n) is 3.64. The molecule has 2 heterocycles. The van der Waals surface area contributed by atoms with E-state index < -0.39 is 0 Å². The van der Waals surface area contributed by atoms with Crippen molar-refractivity contribution < 1.29 is 9.59 Å². The van der Waals surface area contributed by atoms with E-state index in [9.17, 15) is 9.59 Å². The fourth-order valence-corrected chi connectivity index (χ4v) is 3.64. The maximum absolute atomic E-state index is 12.5. The number of carbonyl (C=O) groups is 2. The van der Waals surface area contributed by atoms with E-state index in [0.717, 1.165) is 24.2 Å². The zero-order valence-corrected chi connectivity index (χ0v) is 13.5. The van der Waals surface area contributed by atoms with Gasteiger partial charge in [-0.3, -0.25) is 4.79 Å². The minimum absolute atomic E-state index is 0.0404. The lowest BCUT2D eigenvalue weighted by atomic mass is 9.86. The number of hydrogen-bond donors (Lipinski definition) is 0. The van der Waals surface area contributed by atoms with Crippen LogP contribution in [0.3, 0.4) is 0 Å². The van der Waals surface area contributed by atoms with Gasteiger partial charge < -0.3 is 14.7 Å². The molecular weight excluding hydrogens is 278 g/mol. The predicted molar refractivity (Wildman–Crippen MR) is 85.9 cm³/mol. The van der Waals surface area contributed by atoms with Gasteiger partial charge in [-0.05, 0) is 25.0 Å². The lowest BCUT2D eigenvalue weighted by molar-refractivity contribution is -0.117. The standard InChI is InChI=1S/C17H23N3O2/c1-13-6-4-5-7-14(13)20-12-17(10-15(20)21)8-9-19(11-17)16(22)18(2)3/h4-7H,8-12H2,1-3H3/t17-/m0/s1. The van der Waals surface area contributed by atoms with Crippen molar-refractivity contribution in [1.29, 1.82) is 0 Å². The number of likely N-dealkylation sites (tertiary alicyclic amines) is 1. The molecule has 2 saturated heterocycles. The van der Waals surface area contributed by atoms with E-state index >= 15 is 0 Å². The van der Waals surface area contributed by atoms with Crippen LogP contribution in [0.25, 0.3) is 0 Å². The topological polar surface area (TPSA) is 43.9 Å². The molecule has 2 aliphatic rings. The minimum atomic E-state index is -0.0783. The predicted octanol–water partition coefficient (Wildman–Crippen LogP) is 2.11. The summed E-state index contributed by atoms with van der Waals surface area (Å²) in [6.07, 6.45) is 1.44. The van der Waals surface area contributed by atoms with Crippen LogP contribution in [0.4, 0.5) is 10.5 Å². The van der Waals surface area contributed by atoms with Crippen LogP contribution >= 0.6 is 0 Å². The van der Waals surface area contributed by atoms with Crippen LogP contribution in [0, 0.1) is 12.3 Å². The highest BCUT2D eigenvalue weighted by molar-refractivity contribution is 5.97. The molecule has 0 N–H and O–H groups in total. The van der Waals surface area contributed by atoms with E-state index in [1.165, 1.54) is 0 Å². The van der Waals surface area contributed by atoms with Crippen molar-refractivity contribution >= 4 is 17.6 Å². The molecule has 0 radical (unpaired) electrons. The summed E-state index contributed by atoms with van der Waals surface area (Å²) in [7, 11) is 3.54. The summed E-state index contributed by atoms with van der Waals surface area (Å²) < 4.78 is 0. The first-order chi connectivity index (χ1) is 10.4. The highest BCUT2D eigenvalue weighted by Crippen LogP contribution is 2.42. The number of hydrogen-bond acceptors (Lipinski definition) is 2. The second kappa shape index (κ2) is 5.30. The summed E-state index contributed by atoms with van der Waals surface area (Å²) in [5, 5.41) is 0. The van der Waals surface area contributed by atoms with Crippen molar-refractivity contribution in [1.82, 2.24) is 9.80 Å². The molecule has 0 unspecified atom stereocenters. The lowest BCUT2D eigenvalue weighted by Gasteiger charge is -2.26. The van der Waals surface area contributed by atoms with Crippen LogP contribution in [0.5, 0.6) is 0 Å². The van der Waals surface area contributed by atoms with Gasteiger partial charge in [0.2, 0.25) is 5.91 Å². The van der Waals surface area contributed by atoms with Gasteiger partial charge in [-0.2, -0.15) is 0 Å². The van der Waals surface area contributed by atoms with Gasteiger partial charge in [-0.1, -0.05) is 18.2 Å². The van der Waals surface area contributed by atoms with E-state index in [0.29, 0.717) is 19.5 Å². The minimum Gasteiger partial charge on any atom is -0.331 e. The molecule has 0 aromatic heterocycles. The van der Waals surface area contributed by atoms with Crippen LogP contribution in [0.2, 0.25) is 0 Å². The monoisotopic (exact) mass is 301 g/mol. The third-order valence-corrected chi connectivity index (χ3v) is 4.82. The van der Waals surface area contributed by atoms with Crippen LogP contribution in [-0.4, -0.2) is 55.5 Å². The molecule has 2 aliphatic heterocycles. The van der Waals surface area contributed by atoms with Crippen molar-refractivity contribution in [3.05, 3.63) is 29.8 Å². The smallest absolute Gasteiger partial charge is 0.319 e. The Balaban J connectivity index is 1.78. The quantitative estimate of drug-likeness (QED) is 0.797. The Morgan fingerprint density at radius 2 is 1.95 bits per heavy atom. The molecule has 2 fully saturated rings. The average molecular weight is 301 g/mol. The normalized spacial score (nSPS) is 24.4. The van der Waals surface area contributed by atoms with Crippen molar-refractivity contribution in [2.45, 2.75) is 19.8 Å². The van der Waals surface area contributed by atoms with Gasteiger partial charge in [0, 0.05) is 51.3 Å². The Kier molecular flexibility index (Phi) is 3.59. The molecule has 3 amide bonds. The van der Waals surface area contributed by atoms with Crippen molar-refractivity contribution in [3.63, 3.8) is 0 Å².